The van der Waals surface area contributed by atoms with E-state index >= 15 is 0 Å². The number of aryl methyl sites for hydroxylation is 1. The summed E-state index contributed by atoms with van der Waals surface area (Å²) in [4.78, 5) is 4.37. The molecule has 0 saturated carbocycles. The number of nitrogens with one attached hydrogen (secondary N) is 1. The second-order valence-corrected chi connectivity index (χ2v) is 4.81. The first-order chi connectivity index (χ1) is 8.22. The van der Waals surface area contributed by atoms with Gasteiger partial charge in [0, 0.05) is 3.57 Å². The summed E-state index contributed by atoms with van der Waals surface area (Å²) in [5.41, 5.74) is 2.22. The van der Waals surface area contributed by atoms with Gasteiger partial charge in [-0.3, -0.25) is 0 Å². The molecular weight excluding hydrogens is 329 g/mol. The minimum Gasteiger partial charge on any atom is -0.334 e. The molecule has 2 rings (SSSR count). The van der Waals surface area contributed by atoms with E-state index in [4.69, 9.17) is 4.52 Å². The summed E-state index contributed by atoms with van der Waals surface area (Å²) in [5, 5.41) is 7.12. The molecule has 0 radical (unpaired) electrons. The highest BCUT2D eigenvalue weighted by Crippen LogP contribution is 2.25. The lowest BCUT2D eigenvalue weighted by Gasteiger charge is -2.01. The number of hydrogen-bond donors (Lipinski definition) is 1. The van der Waals surface area contributed by atoms with Crippen molar-refractivity contribution in [1.29, 1.82) is 0 Å². The topological polar surface area (TPSA) is 51.0 Å². The van der Waals surface area contributed by atoms with Crippen molar-refractivity contribution in [2.45, 2.75) is 20.4 Å². The standard InChI is InChI=1S/C12H14IN3O/c1-3-14-7-10-15-12(17-16-10)9-6-4-5-8(2)11(9)13/h4-6,14H,3,7H2,1-2H3. The Hall–Kier alpha value is -0.950. The third-order valence-electron chi connectivity index (χ3n) is 2.42. The third-order valence-corrected chi connectivity index (χ3v) is 3.86. The summed E-state index contributed by atoms with van der Waals surface area (Å²) in [7, 11) is 0. The molecular formula is C12H14IN3O. The molecule has 90 valence electrons. The van der Waals surface area contributed by atoms with Crippen LogP contribution in [0, 0.1) is 10.5 Å². The molecule has 0 atom stereocenters. The van der Waals surface area contributed by atoms with Gasteiger partial charge in [-0.2, -0.15) is 4.98 Å². The van der Waals surface area contributed by atoms with Crippen molar-refractivity contribution >= 4 is 22.6 Å². The molecule has 17 heavy (non-hydrogen) atoms. The molecule has 0 aliphatic heterocycles. The van der Waals surface area contributed by atoms with Crippen LogP contribution in [0.3, 0.4) is 0 Å². The fourth-order valence-electron chi connectivity index (χ4n) is 1.48. The minimum absolute atomic E-state index is 0.589. The van der Waals surface area contributed by atoms with Crippen molar-refractivity contribution in [2.24, 2.45) is 0 Å². The Kier molecular flexibility index (Phi) is 4.11. The van der Waals surface area contributed by atoms with Gasteiger partial charge in [-0.25, -0.2) is 0 Å². The van der Waals surface area contributed by atoms with Crippen LogP contribution in [-0.4, -0.2) is 16.7 Å². The highest BCUT2D eigenvalue weighted by molar-refractivity contribution is 14.1. The maximum Gasteiger partial charge on any atom is 0.259 e. The molecule has 0 fully saturated rings. The Morgan fingerprint density at radius 2 is 2.24 bits per heavy atom. The molecule has 0 aliphatic carbocycles. The van der Waals surface area contributed by atoms with Gasteiger partial charge in [0.1, 0.15) is 0 Å². The smallest absolute Gasteiger partial charge is 0.259 e. The molecule has 0 spiro atoms. The van der Waals surface area contributed by atoms with Crippen LogP contribution in [-0.2, 0) is 6.54 Å². The maximum absolute atomic E-state index is 5.28. The Labute approximate surface area is 114 Å². The monoisotopic (exact) mass is 343 g/mol. The molecule has 0 aliphatic rings. The predicted octanol–water partition coefficient (Wildman–Crippen LogP) is 2.76. The normalized spacial score (nSPS) is 10.8. The summed E-state index contributed by atoms with van der Waals surface area (Å²) < 4.78 is 6.43. The summed E-state index contributed by atoms with van der Waals surface area (Å²) in [6.45, 7) is 5.65. The average molecular weight is 343 g/mol. The molecule has 1 aromatic carbocycles. The van der Waals surface area contributed by atoms with Crippen LogP contribution in [0.4, 0.5) is 0 Å². The van der Waals surface area contributed by atoms with Crippen LogP contribution in [0.15, 0.2) is 22.7 Å². The van der Waals surface area contributed by atoms with Gasteiger partial charge in [0.15, 0.2) is 5.82 Å². The lowest BCUT2D eigenvalue weighted by Crippen LogP contribution is -2.12. The van der Waals surface area contributed by atoms with E-state index in [0.29, 0.717) is 18.3 Å². The van der Waals surface area contributed by atoms with Crippen LogP contribution in [0.5, 0.6) is 0 Å². The SMILES string of the molecule is CCNCc1noc(-c2cccc(C)c2I)n1. The minimum atomic E-state index is 0.589. The highest BCUT2D eigenvalue weighted by atomic mass is 127. The Morgan fingerprint density at radius 3 is 3.00 bits per heavy atom. The van der Waals surface area contributed by atoms with E-state index in [0.717, 1.165) is 15.7 Å². The highest BCUT2D eigenvalue weighted by Gasteiger charge is 2.12. The van der Waals surface area contributed by atoms with E-state index in [2.05, 4.69) is 51.0 Å². The fourth-order valence-corrected chi connectivity index (χ4v) is 2.07. The molecule has 1 heterocycles. The van der Waals surface area contributed by atoms with E-state index in [1.165, 1.54) is 5.56 Å². The zero-order valence-electron chi connectivity index (χ0n) is 9.83. The van der Waals surface area contributed by atoms with Gasteiger partial charge in [0.05, 0.1) is 12.1 Å². The summed E-state index contributed by atoms with van der Waals surface area (Å²) >= 11 is 2.30. The third kappa shape index (κ3) is 2.84. The first-order valence-corrected chi connectivity index (χ1v) is 6.59. The van der Waals surface area contributed by atoms with Crippen molar-refractivity contribution in [3.05, 3.63) is 33.2 Å². The first-order valence-electron chi connectivity index (χ1n) is 5.51. The molecule has 0 unspecified atom stereocenters. The first kappa shape index (κ1) is 12.5. The van der Waals surface area contributed by atoms with Crippen molar-refractivity contribution in [3.63, 3.8) is 0 Å². The number of hydrogen-bond acceptors (Lipinski definition) is 4. The van der Waals surface area contributed by atoms with Crippen LogP contribution in [0.2, 0.25) is 0 Å². The lowest BCUT2D eigenvalue weighted by atomic mass is 10.1. The maximum atomic E-state index is 5.28. The fraction of sp³-hybridized carbons (Fsp3) is 0.333. The molecule has 0 saturated heterocycles. The summed E-state index contributed by atoms with van der Waals surface area (Å²) in [6.07, 6.45) is 0. The van der Waals surface area contributed by atoms with E-state index < -0.39 is 0 Å². The van der Waals surface area contributed by atoms with Crippen LogP contribution in [0.1, 0.15) is 18.3 Å². The van der Waals surface area contributed by atoms with Crippen LogP contribution in [0.25, 0.3) is 11.5 Å². The molecule has 2 aromatic rings. The number of nitrogens with zero attached hydrogens (tertiary/aromatic N) is 2. The molecule has 1 N–H and O–H groups in total. The van der Waals surface area contributed by atoms with Gasteiger partial charge >= 0.3 is 0 Å². The van der Waals surface area contributed by atoms with Gasteiger partial charge in [0.25, 0.3) is 5.89 Å². The number of halogens is 1. The molecule has 4 nitrogen and oxygen atoms in total. The quantitative estimate of drug-likeness (QED) is 0.868. The van der Waals surface area contributed by atoms with Crippen LogP contribution >= 0.6 is 22.6 Å². The molecule has 5 heteroatoms. The van der Waals surface area contributed by atoms with Gasteiger partial charge in [-0.05, 0) is 47.7 Å². The molecule has 0 amide bonds. The van der Waals surface area contributed by atoms with Crippen molar-refractivity contribution in [1.82, 2.24) is 15.5 Å². The lowest BCUT2D eigenvalue weighted by molar-refractivity contribution is 0.419. The van der Waals surface area contributed by atoms with Crippen molar-refractivity contribution < 1.29 is 4.52 Å². The molecule has 0 bridgehead atoms. The van der Waals surface area contributed by atoms with E-state index in [9.17, 15) is 0 Å². The zero-order chi connectivity index (χ0) is 12.3. The predicted molar refractivity (Wildman–Crippen MR) is 74.6 cm³/mol. The summed E-state index contributed by atoms with van der Waals surface area (Å²) in [6, 6.07) is 6.07. The second kappa shape index (κ2) is 5.59. The van der Waals surface area contributed by atoms with Gasteiger partial charge in [0.2, 0.25) is 0 Å². The average Bonchev–Trinajstić information content (AvgIpc) is 2.78. The van der Waals surface area contributed by atoms with Gasteiger partial charge in [-0.15, -0.1) is 0 Å². The number of aromatic nitrogens is 2. The largest absolute Gasteiger partial charge is 0.334 e. The Bertz CT molecular complexity index is 510. The number of benzene rings is 1. The zero-order valence-corrected chi connectivity index (χ0v) is 12.0. The van der Waals surface area contributed by atoms with E-state index in [1.54, 1.807) is 0 Å². The second-order valence-electron chi connectivity index (χ2n) is 3.73. The molecule has 1 aromatic heterocycles. The van der Waals surface area contributed by atoms with Gasteiger partial charge < -0.3 is 9.84 Å². The van der Waals surface area contributed by atoms with Crippen molar-refractivity contribution in [2.75, 3.05) is 6.54 Å². The van der Waals surface area contributed by atoms with E-state index in [1.807, 2.05) is 19.1 Å². The Morgan fingerprint density at radius 1 is 1.41 bits per heavy atom. The van der Waals surface area contributed by atoms with E-state index in [-0.39, 0.29) is 0 Å². The van der Waals surface area contributed by atoms with Crippen LogP contribution < -0.4 is 5.32 Å². The van der Waals surface area contributed by atoms with Crippen molar-refractivity contribution in [3.8, 4) is 11.5 Å². The number of rotatable bonds is 4. The van der Waals surface area contributed by atoms with Gasteiger partial charge in [-0.1, -0.05) is 24.2 Å². The Balaban J connectivity index is 2.27. The summed E-state index contributed by atoms with van der Waals surface area (Å²) in [5.74, 6) is 1.28.